The van der Waals surface area contributed by atoms with Crippen LogP contribution in [-0.2, 0) is 32.5 Å². The first-order chi connectivity index (χ1) is 34.4. The number of nitrogens with one attached hydrogen (secondary N) is 1. The highest BCUT2D eigenvalue weighted by Gasteiger charge is 2.41. The van der Waals surface area contributed by atoms with Crippen LogP contribution in [0.25, 0.3) is 54.3 Å². The van der Waals surface area contributed by atoms with Crippen LogP contribution >= 0.6 is 11.3 Å². The summed E-state index contributed by atoms with van der Waals surface area (Å²) in [5.74, 6) is 0. The van der Waals surface area contributed by atoms with Crippen molar-refractivity contribution in [2.45, 2.75) is 155 Å². The smallest absolute Gasteiger partial charge is 0.200 e. The van der Waals surface area contributed by atoms with Gasteiger partial charge in [-0.15, -0.1) is 11.3 Å². The Bertz CT molecular complexity index is 3720. The molecule has 9 aromatic rings. The number of anilines is 5. The van der Waals surface area contributed by atoms with E-state index in [1.54, 1.807) is 0 Å². The lowest BCUT2D eigenvalue weighted by Crippen LogP contribution is -2.40. The van der Waals surface area contributed by atoms with Gasteiger partial charge in [-0.2, -0.15) is 0 Å². The summed E-state index contributed by atoms with van der Waals surface area (Å²) in [6.07, 6.45) is 4.72. The van der Waals surface area contributed by atoms with Gasteiger partial charge in [-0.25, -0.2) is 0 Å². The topological polar surface area (TPSA) is 28.4 Å². The van der Waals surface area contributed by atoms with E-state index in [1.165, 1.54) is 113 Å². The summed E-state index contributed by atoms with van der Waals surface area (Å²) in [5, 5.41) is 9.03. The second-order valence-electron chi connectivity index (χ2n) is 26.8. The van der Waals surface area contributed by atoms with Crippen LogP contribution in [0.4, 0.5) is 27.8 Å². The van der Waals surface area contributed by atoms with Gasteiger partial charge in [-0.1, -0.05) is 164 Å². The van der Waals surface area contributed by atoms with Crippen LogP contribution in [-0.4, -0.2) is 7.28 Å². The van der Waals surface area contributed by atoms with Crippen molar-refractivity contribution in [1.29, 1.82) is 0 Å². The molecule has 0 spiro atoms. The van der Waals surface area contributed by atoms with Crippen molar-refractivity contribution >= 4 is 89.3 Å². The van der Waals surface area contributed by atoms with Gasteiger partial charge in [0.05, 0.1) is 16.4 Å². The van der Waals surface area contributed by atoms with E-state index in [4.69, 9.17) is 4.42 Å². The molecule has 1 aliphatic heterocycles. The van der Waals surface area contributed by atoms with Crippen LogP contribution in [0.5, 0.6) is 0 Å². The van der Waals surface area contributed by atoms with E-state index in [2.05, 4.69) is 235 Å². The lowest BCUT2D eigenvalue weighted by atomic mass is 9.57. The Labute approximate surface area is 439 Å². The van der Waals surface area contributed by atoms with Gasteiger partial charge in [0.25, 0.3) is 0 Å². The Morgan fingerprint density at radius 2 is 1.11 bits per heavy atom. The standard InChI is InChI=1S/C68H73BN2OS/c1-63(2,3)41-24-28-54(70-43-26-27-50-51(36-43)66(9,10)31-30-65(50,7)8)46(35-41)47-37-48-44-22-18-19-23-56(44)72-61(48)60-58(47)69-59-49-38-52-53(68(13,14)33-32-67(52,11)12)39-57(49)73-62(59)71(60)55-29-25-42(64(4,5)6)34-45(55)40-20-16-15-17-21-40/h15-29,34-39,69-70H,30-33H2,1-14H3. The molecule has 0 amide bonds. The molecule has 3 heterocycles. The molecule has 0 atom stereocenters. The zero-order valence-electron chi connectivity index (χ0n) is 45.9. The lowest BCUT2D eigenvalue weighted by molar-refractivity contribution is 0.332. The Morgan fingerprint density at radius 3 is 1.78 bits per heavy atom. The molecule has 73 heavy (non-hydrogen) atoms. The van der Waals surface area contributed by atoms with Crippen molar-refractivity contribution in [3.8, 4) is 22.3 Å². The Balaban J connectivity index is 1.19. The maximum atomic E-state index is 7.28. The van der Waals surface area contributed by atoms with Gasteiger partial charge in [-0.05, 0) is 180 Å². The summed E-state index contributed by atoms with van der Waals surface area (Å²) >= 11 is 1.96. The number of rotatable bonds is 5. The maximum absolute atomic E-state index is 7.28. The first kappa shape index (κ1) is 47.9. The number of fused-ring (bicyclic) bond motifs is 10. The minimum absolute atomic E-state index is 0.0476. The molecule has 0 fully saturated rings. The number of nitrogens with zero attached hydrogens (tertiary/aromatic N) is 1. The fraction of sp³-hybridized carbons (Fsp3) is 0.353. The molecule has 12 rings (SSSR count). The molecule has 0 unspecified atom stereocenters. The van der Waals surface area contributed by atoms with E-state index in [9.17, 15) is 0 Å². The number of thiophene rings is 1. The molecular weight excluding hydrogens is 904 g/mol. The van der Waals surface area contributed by atoms with E-state index in [0.717, 1.165) is 46.3 Å². The first-order valence-corrected chi connectivity index (χ1v) is 27.9. The van der Waals surface area contributed by atoms with Crippen LogP contribution in [0.2, 0.25) is 0 Å². The van der Waals surface area contributed by atoms with Crippen LogP contribution in [0.1, 0.15) is 156 Å². The fourth-order valence-electron chi connectivity index (χ4n) is 12.8. The monoisotopic (exact) mass is 977 g/mol. The van der Waals surface area contributed by atoms with Crippen molar-refractivity contribution in [3.63, 3.8) is 0 Å². The van der Waals surface area contributed by atoms with Crippen LogP contribution in [0.15, 0.2) is 132 Å². The van der Waals surface area contributed by atoms with Gasteiger partial charge in [-0.3, -0.25) is 4.90 Å². The van der Waals surface area contributed by atoms with E-state index in [1.807, 2.05) is 11.3 Å². The molecule has 3 nitrogen and oxygen atoms in total. The maximum Gasteiger partial charge on any atom is 0.200 e. The average molecular weight is 977 g/mol. The Hall–Kier alpha value is -6.04. The molecule has 0 saturated carbocycles. The van der Waals surface area contributed by atoms with Crippen LogP contribution < -0.4 is 21.1 Å². The molecule has 2 aromatic heterocycles. The largest absolute Gasteiger partial charge is 0.454 e. The van der Waals surface area contributed by atoms with Crippen molar-refractivity contribution in [3.05, 3.63) is 161 Å². The zero-order valence-corrected chi connectivity index (χ0v) is 46.7. The van der Waals surface area contributed by atoms with E-state index < -0.39 is 0 Å². The molecule has 2 aliphatic carbocycles. The summed E-state index contributed by atoms with van der Waals surface area (Å²) in [7, 11) is 0.772. The summed E-state index contributed by atoms with van der Waals surface area (Å²) in [5.41, 5.74) is 22.8. The van der Waals surface area contributed by atoms with Crippen molar-refractivity contribution in [2.24, 2.45) is 0 Å². The number of benzene rings is 7. The Kier molecular flexibility index (Phi) is 10.7. The third-order valence-electron chi connectivity index (χ3n) is 17.8. The summed E-state index contributed by atoms with van der Waals surface area (Å²) in [6, 6.07) is 49.1. The Morgan fingerprint density at radius 1 is 0.521 bits per heavy atom. The molecule has 7 aromatic carbocycles. The summed E-state index contributed by atoms with van der Waals surface area (Å²) in [4.78, 5) is 2.64. The number of hydrogen-bond acceptors (Lipinski definition) is 4. The third kappa shape index (κ3) is 7.80. The van der Waals surface area contributed by atoms with Crippen molar-refractivity contribution in [1.82, 2.24) is 0 Å². The summed E-state index contributed by atoms with van der Waals surface area (Å²) < 4.78 is 8.64. The molecular formula is C68H73BN2OS. The SMILES string of the molecule is CC(C)(C)c1ccc(Nc2ccc3c(c2)C(C)(C)CCC3(C)C)c(-c2cc3c(oc4ccccc43)c3c2Bc2c(sc4cc5c(cc24)C(C)(C)CCC5(C)C)N3c2ccc(C(C)(C)C)cc2-c2ccccc2)c1. The van der Waals surface area contributed by atoms with E-state index in [-0.39, 0.29) is 32.5 Å². The minimum Gasteiger partial charge on any atom is -0.454 e. The molecule has 0 bridgehead atoms. The highest BCUT2D eigenvalue weighted by molar-refractivity contribution is 7.25. The molecule has 370 valence electrons. The first-order valence-electron chi connectivity index (χ1n) is 27.0. The lowest BCUT2D eigenvalue weighted by Gasteiger charge is -2.42. The second-order valence-corrected chi connectivity index (χ2v) is 27.8. The van der Waals surface area contributed by atoms with E-state index in [0.29, 0.717) is 0 Å². The van der Waals surface area contributed by atoms with Crippen LogP contribution in [0.3, 0.4) is 0 Å². The van der Waals surface area contributed by atoms with Gasteiger partial charge in [0, 0.05) is 38.0 Å². The number of hydrogen-bond donors (Lipinski definition) is 1. The number of para-hydroxylation sites is 1. The number of furan rings is 1. The predicted molar refractivity (Wildman–Crippen MR) is 319 cm³/mol. The molecule has 0 saturated heterocycles. The highest BCUT2D eigenvalue weighted by Crippen LogP contribution is 2.54. The predicted octanol–water partition coefficient (Wildman–Crippen LogP) is 18.3. The van der Waals surface area contributed by atoms with E-state index >= 15 is 0 Å². The molecule has 5 heteroatoms. The molecule has 1 N–H and O–H groups in total. The van der Waals surface area contributed by atoms with Crippen LogP contribution in [0, 0.1) is 0 Å². The summed E-state index contributed by atoms with van der Waals surface area (Å²) in [6.45, 7) is 33.6. The molecule has 0 radical (unpaired) electrons. The normalized spacial score (nSPS) is 17.5. The second kappa shape index (κ2) is 16.2. The minimum atomic E-state index is -0.0803. The fourth-order valence-corrected chi connectivity index (χ4v) is 14.1. The zero-order chi connectivity index (χ0) is 51.4. The van der Waals surface area contributed by atoms with Gasteiger partial charge in [0.15, 0.2) is 5.58 Å². The third-order valence-corrected chi connectivity index (χ3v) is 18.9. The van der Waals surface area contributed by atoms with Crippen molar-refractivity contribution < 1.29 is 4.42 Å². The van der Waals surface area contributed by atoms with Crippen molar-refractivity contribution in [2.75, 3.05) is 10.2 Å². The van der Waals surface area contributed by atoms with Gasteiger partial charge in [0.1, 0.15) is 5.58 Å². The highest BCUT2D eigenvalue weighted by atomic mass is 32.1. The quantitative estimate of drug-likeness (QED) is 0.174. The van der Waals surface area contributed by atoms with Gasteiger partial charge in [0.2, 0.25) is 7.28 Å². The van der Waals surface area contributed by atoms with Gasteiger partial charge < -0.3 is 9.73 Å². The average Bonchev–Trinajstić information content (AvgIpc) is 3.92. The van der Waals surface area contributed by atoms with Gasteiger partial charge >= 0.3 is 0 Å². The molecule has 3 aliphatic rings.